The number of anilines is 2. The summed E-state index contributed by atoms with van der Waals surface area (Å²) in [4.78, 5) is 29.9. The zero-order valence-electron chi connectivity index (χ0n) is 21.1. The van der Waals surface area contributed by atoms with E-state index in [2.05, 4.69) is 35.3 Å². The van der Waals surface area contributed by atoms with Gasteiger partial charge in [-0.1, -0.05) is 13.0 Å². The third kappa shape index (κ3) is 5.10. The van der Waals surface area contributed by atoms with Crippen LogP contribution in [0, 0.1) is 5.41 Å². The molecule has 0 radical (unpaired) electrons. The summed E-state index contributed by atoms with van der Waals surface area (Å²) in [6.07, 6.45) is 5.82. The van der Waals surface area contributed by atoms with Crippen LogP contribution in [-0.2, 0) is 9.53 Å². The number of carbonyl (C=O) groups is 2. The summed E-state index contributed by atoms with van der Waals surface area (Å²) < 4.78 is 11.4. The monoisotopic (exact) mass is 479 g/mol. The third-order valence-electron chi connectivity index (χ3n) is 7.92. The Morgan fingerprint density at radius 3 is 2.37 bits per heavy atom. The highest BCUT2D eigenvalue weighted by Crippen LogP contribution is 2.44. The summed E-state index contributed by atoms with van der Waals surface area (Å²) in [6, 6.07) is 10.2. The van der Waals surface area contributed by atoms with E-state index in [1.165, 1.54) is 18.4 Å². The lowest BCUT2D eigenvalue weighted by atomic mass is 9.79. The summed E-state index contributed by atoms with van der Waals surface area (Å²) >= 11 is 0. The Labute approximate surface area is 207 Å². The van der Waals surface area contributed by atoms with Crippen molar-refractivity contribution in [2.75, 3.05) is 50.6 Å². The lowest BCUT2D eigenvalue weighted by molar-refractivity contribution is -0.139. The Balaban J connectivity index is 1.33. The molecular weight excluding hydrogens is 442 g/mol. The van der Waals surface area contributed by atoms with Crippen molar-refractivity contribution in [3.05, 3.63) is 47.4 Å². The van der Waals surface area contributed by atoms with Gasteiger partial charge in [0.05, 0.1) is 11.4 Å². The zero-order valence-corrected chi connectivity index (χ0v) is 21.1. The van der Waals surface area contributed by atoms with Crippen LogP contribution in [-0.4, -0.2) is 57.1 Å². The van der Waals surface area contributed by atoms with E-state index in [4.69, 9.17) is 9.15 Å². The van der Waals surface area contributed by atoms with Crippen LogP contribution in [0.5, 0.6) is 0 Å². The normalized spacial score (nSPS) is 20.5. The number of hydrogen-bond donors (Lipinski definition) is 1. The van der Waals surface area contributed by atoms with E-state index < -0.39 is 0 Å². The fraction of sp³-hybridized carbons (Fsp3) is 0.571. The summed E-state index contributed by atoms with van der Waals surface area (Å²) in [7, 11) is 3.65. The number of nitrogens with zero attached hydrogens (tertiary/aromatic N) is 2. The van der Waals surface area contributed by atoms with Gasteiger partial charge in [0.25, 0.3) is 5.91 Å². The standard InChI is InChI=1S/C28H37N3O4/c1-28(27(33)30(2)3)12-14-31(15-13-28)23-7-6-21(19-4-5-19)18-22(23)29-26(32)25-9-8-24(35-25)20-10-16-34-17-11-20/h6-9,18-20H,4-5,10-17H2,1-3H3,(H,29,32). The van der Waals surface area contributed by atoms with E-state index in [1.807, 2.05) is 20.2 Å². The highest BCUT2D eigenvalue weighted by atomic mass is 16.5. The lowest BCUT2D eigenvalue weighted by Gasteiger charge is -2.41. The van der Waals surface area contributed by atoms with Crippen molar-refractivity contribution in [3.8, 4) is 0 Å². The summed E-state index contributed by atoms with van der Waals surface area (Å²) in [5.74, 6) is 2.08. The SMILES string of the molecule is CN(C)C(=O)C1(C)CCN(c2ccc(C3CC3)cc2NC(=O)c2ccc(C3CCOCC3)o2)CC1. The van der Waals surface area contributed by atoms with Gasteiger partial charge in [-0.05, 0) is 74.3 Å². The molecule has 3 aliphatic rings. The first-order valence-corrected chi connectivity index (χ1v) is 12.9. The van der Waals surface area contributed by atoms with Crippen LogP contribution in [0.3, 0.4) is 0 Å². The Hall–Kier alpha value is -2.80. The molecule has 3 heterocycles. The first kappa shape index (κ1) is 23.9. The van der Waals surface area contributed by atoms with Gasteiger partial charge in [0.15, 0.2) is 5.76 Å². The molecule has 3 fully saturated rings. The van der Waals surface area contributed by atoms with Gasteiger partial charge in [-0.2, -0.15) is 0 Å². The van der Waals surface area contributed by atoms with Gasteiger partial charge in [-0.15, -0.1) is 0 Å². The Bertz CT molecular complexity index is 1070. The smallest absolute Gasteiger partial charge is 0.291 e. The molecule has 7 heteroatoms. The molecule has 2 aromatic rings. The maximum atomic E-state index is 13.2. The molecule has 1 N–H and O–H groups in total. The van der Waals surface area contributed by atoms with E-state index in [0.717, 1.165) is 69.1 Å². The first-order chi connectivity index (χ1) is 16.8. The molecule has 7 nitrogen and oxygen atoms in total. The summed E-state index contributed by atoms with van der Waals surface area (Å²) in [5.41, 5.74) is 2.77. The second-order valence-corrected chi connectivity index (χ2v) is 10.8. The van der Waals surface area contributed by atoms with Gasteiger partial charge in [0.2, 0.25) is 5.91 Å². The highest BCUT2D eigenvalue weighted by molar-refractivity contribution is 6.04. The minimum atomic E-state index is -0.341. The molecule has 5 rings (SSSR count). The van der Waals surface area contributed by atoms with Crippen molar-refractivity contribution in [2.45, 2.75) is 57.3 Å². The average molecular weight is 480 g/mol. The number of nitrogens with one attached hydrogen (secondary N) is 1. The van der Waals surface area contributed by atoms with Crippen molar-refractivity contribution in [1.82, 2.24) is 4.90 Å². The van der Waals surface area contributed by atoms with Gasteiger partial charge in [-0.25, -0.2) is 0 Å². The second kappa shape index (κ2) is 9.69. The Morgan fingerprint density at radius 2 is 1.71 bits per heavy atom. The van der Waals surface area contributed by atoms with Crippen LogP contribution in [0.4, 0.5) is 11.4 Å². The molecule has 188 valence electrons. The third-order valence-corrected chi connectivity index (χ3v) is 7.92. The fourth-order valence-corrected chi connectivity index (χ4v) is 5.46. The van der Waals surface area contributed by atoms with Crippen molar-refractivity contribution in [1.29, 1.82) is 0 Å². The van der Waals surface area contributed by atoms with Gasteiger partial charge in [0, 0.05) is 51.7 Å². The van der Waals surface area contributed by atoms with Crippen LogP contribution in [0.1, 0.15) is 79.2 Å². The molecule has 0 unspecified atom stereocenters. The molecule has 2 amide bonds. The molecule has 1 aromatic heterocycles. The van der Waals surface area contributed by atoms with Crippen LogP contribution in [0.15, 0.2) is 34.7 Å². The van der Waals surface area contributed by atoms with E-state index in [1.54, 1.807) is 11.0 Å². The number of benzene rings is 1. The molecule has 2 saturated heterocycles. The van der Waals surface area contributed by atoms with Crippen molar-refractivity contribution in [3.63, 3.8) is 0 Å². The maximum Gasteiger partial charge on any atom is 0.291 e. The quantitative estimate of drug-likeness (QED) is 0.631. The maximum absolute atomic E-state index is 13.2. The first-order valence-electron chi connectivity index (χ1n) is 12.9. The number of piperidine rings is 1. The topological polar surface area (TPSA) is 75.0 Å². The predicted molar refractivity (Wildman–Crippen MR) is 136 cm³/mol. The van der Waals surface area contributed by atoms with Crippen LogP contribution in [0.2, 0.25) is 0 Å². The number of ether oxygens (including phenoxy) is 1. The molecule has 1 aromatic carbocycles. The number of amides is 2. The van der Waals surface area contributed by atoms with E-state index in [0.29, 0.717) is 17.6 Å². The minimum absolute atomic E-state index is 0.188. The molecule has 0 spiro atoms. The Morgan fingerprint density at radius 1 is 1.00 bits per heavy atom. The summed E-state index contributed by atoms with van der Waals surface area (Å²) in [6.45, 7) is 5.09. The predicted octanol–water partition coefficient (Wildman–Crippen LogP) is 5.00. The Kier molecular flexibility index (Phi) is 6.62. The van der Waals surface area contributed by atoms with E-state index in [9.17, 15) is 9.59 Å². The number of furan rings is 1. The second-order valence-electron chi connectivity index (χ2n) is 10.8. The molecule has 0 atom stereocenters. The molecule has 0 bridgehead atoms. The molecule has 2 aliphatic heterocycles. The lowest BCUT2D eigenvalue weighted by Crippen LogP contribution is -2.47. The number of hydrogen-bond acceptors (Lipinski definition) is 5. The average Bonchev–Trinajstić information content (AvgIpc) is 3.60. The van der Waals surface area contributed by atoms with Gasteiger partial charge >= 0.3 is 0 Å². The van der Waals surface area contributed by atoms with E-state index in [-0.39, 0.29) is 17.2 Å². The molecule has 1 saturated carbocycles. The largest absolute Gasteiger partial charge is 0.456 e. The van der Waals surface area contributed by atoms with E-state index >= 15 is 0 Å². The van der Waals surface area contributed by atoms with Crippen molar-refractivity contribution >= 4 is 23.2 Å². The van der Waals surface area contributed by atoms with Crippen LogP contribution in [0.25, 0.3) is 0 Å². The highest BCUT2D eigenvalue weighted by Gasteiger charge is 2.38. The van der Waals surface area contributed by atoms with Gasteiger partial charge < -0.3 is 24.3 Å². The molecule has 35 heavy (non-hydrogen) atoms. The van der Waals surface area contributed by atoms with Gasteiger partial charge in [0.1, 0.15) is 5.76 Å². The molecular formula is C28H37N3O4. The number of carbonyl (C=O) groups excluding carboxylic acids is 2. The van der Waals surface area contributed by atoms with Crippen LogP contribution >= 0.6 is 0 Å². The van der Waals surface area contributed by atoms with Crippen molar-refractivity contribution < 1.29 is 18.7 Å². The van der Waals surface area contributed by atoms with Gasteiger partial charge in [-0.3, -0.25) is 9.59 Å². The minimum Gasteiger partial charge on any atom is -0.456 e. The number of rotatable bonds is 6. The zero-order chi connectivity index (χ0) is 24.6. The molecule has 1 aliphatic carbocycles. The van der Waals surface area contributed by atoms with Crippen LogP contribution < -0.4 is 10.2 Å². The van der Waals surface area contributed by atoms with Crippen molar-refractivity contribution in [2.24, 2.45) is 5.41 Å². The fourth-order valence-electron chi connectivity index (χ4n) is 5.46. The summed E-state index contributed by atoms with van der Waals surface area (Å²) in [5, 5.41) is 3.15.